The summed E-state index contributed by atoms with van der Waals surface area (Å²) in [7, 11) is 0. The number of carbonyl (C=O) groups is 1. The molecule has 2 heterocycles. The average molecular weight is 552 g/mol. The van der Waals surface area contributed by atoms with Crippen molar-refractivity contribution in [2.24, 2.45) is 5.41 Å². The first-order valence-corrected chi connectivity index (χ1v) is 13.8. The molecule has 3 aromatic rings. The summed E-state index contributed by atoms with van der Waals surface area (Å²) in [5.41, 5.74) is 0.428. The largest absolute Gasteiger partial charge is 0.478 e. The molecule has 0 spiro atoms. The van der Waals surface area contributed by atoms with E-state index in [1.807, 2.05) is 20.8 Å². The molecule has 0 aliphatic rings. The Morgan fingerprint density at radius 3 is 2.38 bits per heavy atom. The summed E-state index contributed by atoms with van der Waals surface area (Å²) in [5, 5.41) is 0.950. The Hall–Kier alpha value is -2.39. The van der Waals surface area contributed by atoms with Gasteiger partial charge in [-0.05, 0) is 61.3 Å². The van der Waals surface area contributed by atoms with Crippen LogP contribution in [0.4, 0.5) is 13.2 Å². The number of benzene rings is 1. The number of thioether (sulfide) groups is 1. The van der Waals surface area contributed by atoms with E-state index in [1.54, 1.807) is 18.2 Å². The minimum absolute atomic E-state index is 0.148. The van der Waals surface area contributed by atoms with Gasteiger partial charge in [0.2, 0.25) is 16.3 Å². The number of pyridine rings is 1. The molecule has 0 saturated heterocycles. The zero-order chi connectivity index (χ0) is 27.1. The van der Waals surface area contributed by atoms with Crippen LogP contribution in [0.15, 0.2) is 46.9 Å². The minimum atomic E-state index is -4.39. The molecule has 200 valence electrons. The normalized spacial score (nSPS) is 12.2. The second-order valence-corrected chi connectivity index (χ2v) is 11.0. The highest BCUT2D eigenvalue weighted by Gasteiger charge is 2.30. The van der Waals surface area contributed by atoms with Crippen LogP contribution in [-0.4, -0.2) is 22.5 Å². The molecule has 0 saturated carbocycles. The van der Waals surface area contributed by atoms with Gasteiger partial charge in [0.05, 0.1) is 12.2 Å². The number of alkyl halides is 3. The molecular weight excluding hydrogens is 519 g/mol. The molecule has 0 bridgehead atoms. The van der Waals surface area contributed by atoms with Crippen molar-refractivity contribution in [2.75, 3.05) is 12.4 Å². The Balaban J connectivity index is 1.45. The van der Waals surface area contributed by atoms with Crippen molar-refractivity contribution in [3.63, 3.8) is 0 Å². The van der Waals surface area contributed by atoms with Crippen LogP contribution in [0.3, 0.4) is 0 Å². The van der Waals surface area contributed by atoms with E-state index in [0.29, 0.717) is 34.7 Å². The molecule has 37 heavy (non-hydrogen) atoms. The zero-order valence-corrected chi connectivity index (χ0v) is 23.0. The molecule has 0 atom stereocenters. The van der Waals surface area contributed by atoms with E-state index in [4.69, 9.17) is 21.4 Å². The van der Waals surface area contributed by atoms with Gasteiger partial charge in [0, 0.05) is 28.2 Å². The fourth-order valence-corrected chi connectivity index (χ4v) is 4.84. The van der Waals surface area contributed by atoms with E-state index in [2.05, 4.69) is 4.98 Å². The van der Waals surface area contributed by atoms with Gasteiger partial charge < -0.3 is 9.15 Å². The average Bonchev–Trinajstić information content (AvgIpc) is 2.86. The van der Waals surface area contributed by atoms with Crippen LogP contribution in [0.2, 0.25) is 0 Å². The van der Waals surface area contributed by atoms with Gasteiger partial charge in [-0.3, -0.25) is 4.79 Å². The minimum Gasteiger partial charge on any atom is -0.478 e. The number of unbranched alkanes of at least 4 members (excludes halogenated alkanes) is 4. The summed E-state index contributed by atoms with van der Waals surface area (Å²) in [6, 6.07) is 10.1. The van der Waals surface area contributed by atoms with E-state index in [0.717, 1.165) is 56.4 Å². The van der Waals surface area contributed by atoms with Gasteiger partial charge in [-0.15, -0.1) is 0 Å². The van der Waals surface area contributed by atoms with Gasteiger partial charge in [-0.25, -0.2) is 0 Å². The second-order valence-electron chi connectivity index (χ2n) is 9.56. The fraction of sp³-hybridized carbons (Fsp3) is 0.464. The molecule has 4 nitrogen and oxygen atoms in total. The number of rotatable bonds is 12. The Morgan fingerprint density at radius 1 is 1.03 bits per heavy atom. The Labute approximate surface area is 225 Å². The van der Waals surface area contributed by atoms with E-state index in [-0.39, 0.29) is 15.2 Å². The van der Waals surface area contributed by atoms with Crippen molar-refractivity contribution in [3.05, 3.63) is 52.7 Å². The lowest BCUT2D eigenvalue weighted by molar-refractivity contribution is -0.137. The molecule has 2 aromatic heterocycles. The maximum Gasteiger partial charge on any atom is 0.416 e. The molecule has 9 heteroatoms. The predicted octanol–water partition coefficient (Wildman–Crippen LogP) is 9.27. The zero-order valence-electron chi connectivity index (χ0n) is 21.3. The summed E-state index contributed by atoms with van der Waals surface area (Å²) in [5.74, 6) is 1.30. The number of carbonyl (C=O) groups excluding carboxylic acids is 1. The van der Waals surface area contributed by atoms with Crippen LogP contribution in [0, 0.1) is 10.1 Å². The standard InChI is InChI=1S/C28H32F3NO3S2/c1-4-27(2,3)26(33)37-17-9-7-5-6-8-16-34-23-15-12-20-18-22(25(36)35-24(20)32-23)19-10-13-21(14-11-19)28(29,30)31/h10-15,18H,4-9,16-17H2,1-3H3. The van der Waals surface area contributed by atoms with Gasteiger partial charge in [0.15, 0.2) is 5.12 Å². The highest BCUT2D eigenvalue weighted by molar-refractivity contribution is 8.13. The third kappa shape index (κ3) is 8.30. The van der Waals surface area contributed by atoms with Gasteiger partial charge >= 0.3 is 6.18 Å². The van der Waals surface area contributed by atoms with E-state index in [1.165, 1.54) is 23.9 Å². The lowest BCUT2D eigenvalue weighted by atomic mass is 9.92. The maximum atomic E-state index is 12.8. The SMILES string of the molecule is CCC(C)(C)C(=O)SCCCCCCCOc1ccc2cc(-c3ccc(C(F)(F)F)cc3)c(=S)oc2n1. The van der Waals surface area contributed by atoms with Crippen molar-refractivity contribution in [2.45, 2.75) is 65.5 Å². The quantitative estimate of drug-likeness (QED) is 0.165. The van der Waals surface area contributed by atoms with Crippen LogP contribution >= 0.6 is 24.0 Å². The second kappa shape index (κ2) is 12.9. The number of nitrogens with zero attached hydrogens (tertiary/aromatic N) is 1. The first-order valence-electron chi connectivity index (χ1n) is 12.4. The van der Waals surface area contributed by atoms with Crippen molar-refractivity contribution in [3.8, 4) is 17.0 Å². The summed E-state index contributed by atoms with van der Waals surface area (Å²) >= 11 is 6.77. The molecule has 0 fully saturated rings. The third-order valence-electron chi connectivity index (χ3n) is 6.30. The van der Waals surface area contributed by atoms with Gasteiger partial charge in [-0.2, -0.15) is 18.2 Å². The van der Waals surface area contributed by atoms with Crippen molar-refractivity contribution in [1.82, 2.24) is 4.98 Å². The first kappa shape index (κ1) is 29.2. The monoisotopic (exact) mass is 551 g/mol. The van der Waals surface area contributed by atoms with Gasteiger partial charge in [0.1, 0.15) is 0 Å². The lowest BCUT2D eigenvalue weighted by Gasteiger charge is -2.19. The van der Waals surface area contributed by atoms with Crippen molar-refractivity contribution < 1.29 is 27.1 Å². The molecule has 0 aliphatic heterocycles. The topological polar surface area (TPSA) is 52.3 Å². The molecule has 1 aromatic carbocycles. The lowest BCUT2D eigenvalue weighted by Crippen LogP contribution is -2.20. The van der Waals surface area contributed by atoms with Crippen LogP contribution in [0.1, 0.15) is 64.9 Å². The van der Waals surface area contributed by atoms with Crippen LogP contribution in [0.5, 0.6) is 5.88 Å². The molecule has 0 amide bonds. The van der Waals surface area contributed by atoms with Crippen LogP contribution in [0.25, 0.3) is 22.2 Å². The maximum absolute atomic E-state index is 12.8. The Morgan fingerprint density at radius 2 is 1.70 bits per heavy atom. The summed E-state index contributed by atoms with van der Waals surface area (Å²) in [6.45, 7) is 6.57. The van der Waals surface area contributed by atoms with Gasteiger partial charge in [-0.1, -0.05) is 63.9 Å². The highest BCUT2D eigenvalue weighted by atomic mass is 32.2. The molecule has 0 N–H and O–H groups in total. The molecule has 0 aliphatic carbocycles. The number of hydrogen-bond acceptors (Lipinski definition) is 6. The van der Waals surface area contributed by atoms with E-state index in [9.17, 15) is 18.0 Å². The number of ether oxygens (including phenoxy) is 1. The van der Waals surface area contributed by atoms with Crippen molar-refractivity contribution in [1.29, 1.82) is 0 Å². The number of hydrogen-bond donors (Lipinski definition) is 0. The third-order valence-corrected chi connectivity index (χ3v) is 7.92. The number of aromatic nitrogens is 1. The van der Waals surface area contributed by atoms with E-state index >= 15 is 0 Å². The predicted molar refractivity (Wildman–Crippen MR) is 145 cm³/mol. The molecule has 0 radical (unpaired) electrons. The molecule has 0 unspecified atom stereocenters. The number of halogens is 3. The molecular formula is C28H32F3NO3S2. The highest BCUT2D eigenvalue weighted by Crippen LogP contribution is 2.32. The first-order chi connectivity index (χ1) is 17.5. The number of fused-ring (bicyclic) bond motifs is 1. The van der Waals surface area contributed by atoms with Crippen LogP contribution in [-0.2, 0) is 11.0 Å². The summed E-state index contributed by atoms with van der Waals surface area (Å²) in [4.78, 5) is 16.5. The summed E-state index contributed by atoms with van der Waals surface area (Å²) < 4.78 is 50.1. The smallest absolute Gasteiger partial charge is 0.416 e. The molecule has 3 rings (SSSR count). The van der Waals surface area contributed by atoms with Crippen molar-refractivity contribution >= 4 is 40.2 Å². The Kier molecular flexibility index (Phi) is 10.2. The van der Waals surface area contributed by atoms with Gasteiger partial charge in [0.25, 0.3) is 0 Å². The van der Waals surface area contributed by atoms with Crippen LogP contribution < -0.4 is 4.74 Å². The summed E-state index contributed by atoms with van der Waals surface area (Å²) in [6.07, 6.45) is 1.59. The fourth-order valence-electron chi connectivity index (χ4n) is 3.52. The van der Waals surface area contributed by atoms with E-state index < -0.39 is 11.7 Å². The Bertz CT molecular complexity index is 1250.